The van der Waals surface area contributed by atoms with Crippen molar-refractivity contribution in [3.8, 4) is 5.75 Å². The van der Waals surface area contributed by atoms with Crippen LogP contribution in [0.1, 0.15) is 13.3 Å². The van der Waals surface area contributed by atoms with Crippen molar-refractivity contribution in [3.63, 3.8) is 0 Å². The van der Waals surface area contributed by atoms with E-state index >= 15 is 0 Å². The van der Waals surface area contributed by atoms with E-state index < -0.39 is 11.2 Å². The van der Waals surface area contributed by atoms with Crippen LogP contribution in [0.15, 0.2) is 32.9 Å². The van der Waals surface area contributed by atoms with Crippen LogP contribution < -0.4 is 21.3 Å². The first-order chi connectivity index (χ1) is 15.3. The average Bonchev–Trinajstić information content (AvgIpc) is 3.35. The number of hydrogen-bond acceptors (Lipinski definition) is 8. The van der Waals surface area contributed by atoms with Crippen LogP contribution >= 0.6 is 23.1 Å². The van der Waals surface area contributed by atoms with E-state index in [2.05, 4.69) is 15.3 Å². The number of methoxy groups -OCH3 is 1. The fraction of sp³-hybridized carbons (Fsp3) is 0.350. The number of thiazole rings is 1. The zero-order chi connectivity index (χ0) is 23.0. The summed E-state index contributed by atoms with van der Waals surface area (Å²) in [5, 5.41) is 3.83. The summed E-state index contributed by atoms with van der Waals surface area (Å²) in [4.78, 5) is 46.4. The van der Waals surface area contributed by atoms with Crippen LogP contribution in [0, 0.1) is 0 Å². The fourth-order valence-corrected chi connectivity index (χ4v) is 5.07. The second kappa shape index (κ2) is 8.79. The summed E-state index contributed by atoms with van der Waals surface area (Å²) < 4.78 is 10.3. The zero-order valence-corrected chi connectivity index (χ0v) is 19.7. The summed E-state index contributed by atoms with van der Waals surface area (Å²) in [7, 11) is 4.62. The van der Waals surface area contributed by atoms with Gasteiger partial charge in [-0.25, -0.2) is 14.8 Å². The molecule has 0 bridgehead atoms. The first-order valence-corrected chi connectivity index (χ1v) is 11.7. The molecule has 32 heavy (non-hydrogen) atoms. The van der Waals surface area contributed by atoms with Gasteiger partial charge in [0.1, 0.15) is 5.75 Å². The van der Waals surface area contributed by atoms with Crippen molar-refractivity contribution in [2.75, 3.05) is 18.2 Å². The van der Waals surface area contributed by atoms with E-state index in [1.165, 1.54) is 34.7 Å². The van der Waals surface area contributed by atoms with Crippen LogP contribution in [0.5, 0.6) is 5.75 Å². The highest BCUT2D eigenvalue weighted by Gasteiger charge is 2.20. The van der Waals surface area contributed by atoms with Crippen LogP contribution in [0.4, 0.5) is 5.13 Å². The average molecular weight is 475 g/mol. The van der Waals surface area contributed by atoms with Crippen LogP contribution in [-0.4, -0.2) is 42.4 Å². The Morgan fingerprint density at radius 2 is 2.00 bits per heavy atom. The summed E-state index contributed by atoms with van der Waals surface area (Å²) in [5.41, 5.74) is 0.616. The number of hydrogen-bond donors (Lipinski definition) is 1. The smallest absolute Gasteiger partial charge is 0.332 e. The molecular weight excluding hydrogens is 452 g/mol. The van der Waals surface area contributed by atoms with E-state index in [1.54, 1.807) is 18.7 Å². The number of nitrogens with one attached hydrogen (secondary N) is 1. The Bertz CT molecular complexity index is 1450. The number of nitrogens with zero attached hydrogens (tertiary/aromatic N) is 5. The lowest BCUT2D eigenvalue weighted by atomic mass is 10.3. The molecule has 0 aliphatic carbocycles. The van der Waals surface area contributed by atoms with E-state index in [1.807, 2.05) is 25.1 Å². The number of aromatic nitrogens is 5. The van der Waals surface area contributed by atoms with Gasteiger partial charge in [-0.1, -0.05) is 30.0 Å². The first kappa shape index (κ1) is 22.1. The van der Waals surface area contributed by atoms with E-state index in [0.29, 0.717) is 28.0 Å². The van der Waals surface area contributed by atoms with Crippen LogP contribution in [-0.2, 0) is 25.4 Å². The summed E-state index contributed by atoms with van der Waals surface area (Å²) in [6.07, 6.45) is 0.770. The summed E-state index contributed by atoms with van der Waals surface area (Å²) in [6, 6.07) is 5.53. The van der Waals surface area contributed by atoms with Crippen molar-refractivity contribution in [3.05, 3.63) is 39.0 Å². The summed E-state index contributed by atoms with van der Waals surface area (Å²) in [5.74, 6) is 0.573. The Balaban J connectivity index is 1.57. The fourth-order valence-electron chi connectivity index (χ4n) is 3.34. The number of carbonyl (C=O) groups excluding carboxylic acids is 1. The molecule has 4 aromatic rings. The van der Waals surface area contributed by atoms with Crippen molar-refractivity contribution < 1.29 is 9.53 Å². The van der Waals surface area contributed by atoms with Gasteiger partial charge in [0.25, 0.3) is 5.56 Å². The molecule has 1 aromatic carbocycles. The van der Waals surface area contributed by atoms with Gasteiger partial charge < -0.3 is 14.6 Å². The molecule has 0 aliphatic rings. The van der Waals surface area contributed by atoms with E-state index in [-0.39, 0.29) is 11.7 Å². The van der Waals surface area contributed by atoms with Crippen molar-refractivity contribution >= 4 is 55.5 Å². The molecule has 3 aromatic heterocycles. The van der Waals surface area contributed by atoms with Crippen LogP contribution in [0.25, 0.3) is 21.4 Å². The number of fused-ring (bicyclic) bond motifs is 2. The number of carbonyl (C=O) groups is 1. The van der Waals surface area contributed by atoms with Gasteiger partial charge >= 0.3 is 5.69 Å². The van der Waals surface area contributed by atoms with Crippen molar-refractivity contribution in [1.82, 2.24) is 23.7 Å². The SMILES string of the molecule is CCCn1c(SCC(=O)Nc2nc3ccc(OC)cc3s2)nc2c1c(=O)n(C)c(=O)n2C. The molecule has 0 atom stereocenters. The van der Waals surface area contributed by atoms with Crippen molar-refractivity contribution in [2.45, 2.75) is 25.0 Å². The number of ether oxygens (including phenoxy) is 1. The third-order valence-corrected chi connectivity index (χ3v) is 6.84. The second-order valence-corrected chi connectivity index (χ2v) is 9.09. The predicted molar refractivity (Wildman–Crippen MR) is 126 cm³/mol. The van der Waals surface area contributed by atoms with Gasteiger partial charge in [-0.2, -0.15) is 0 Å². The molecule has 0 fully saturated rings. The lowest BCUT2D eigenvalue weighted by Gasteiger charge is -2.07. The van der Waals surface area contributed by atoms with Gasteiger partial charge in [0.05, 0.1) is 23.1 Å². The Kier molecular flexibility index (Phi) is 6.07. The highest BCUT2D eigenvalue weighted by Crippen LogP contribution is 2.29. The maximum absolute atomic E-state index is 12.7. The number of aryl methyl sites for hydroxylation is 2. The second-order valence-electron chi connectivity index (χ2n) is 7.11. The number of anilines is 1. The Morgan fingerprint density at radius 1 is 1.22 bits per heavy atom. The van der Waals surface area contributed by atoms with E-state index in [9.17, 15) is 14.4 Å². The molecule has 10 nitrogen and oxygen atoms in total. The number of benzene rings is 1. The van der Waals surface area contributed by atoms with Crippen molar-refractivity contribution in [1.29, 1.82) is 0 Å². The van der Waals surface area contributed by atoms with Gasteiger partial charge in [-0.15, -0.1) is 0 Å². The van der Waals surface area contributed by atoms with Gasteiger partial charge in [0, 0.05) is 20.6 Å². The quantitative estimate of drug-likeness (QED) is 0.409. The Hall–Kier alpha value is -3.12. The molecule has 0 saturated heterocycles. The van der Waals surface area contributed by atoms with Crippen LogP contribution in [0.2, 0.25) is 0 Å². The molecule has 1 amide bonds. The van der Waals surface area contributed by atoms with Crippen LogP contribution in [0.3, 0.4) is 0 Å². The molecule has 4 rings (SSSR count). The number of imidazole rings is 1. The standard InChI is InChI=1S/C20H22N6O4S2/c1-5-8-26-15-16(24(2)20(29)25(3)17(15)28)23-19(26)31-10-14(27)22-18-21-12-7-6-11(30-4)9-13(12)32-18/h6-7,9H,5,8,10H2,1-4H3,(H,21,22,27). The highest BCUT2D eigenvalue weighted by molar-refractivity contribution is 7.99. The van der Waals surface area contributed by atoms with Gasteiger partial charge in [-0.3, -0.25) is 18.7 Å². The normalized spacial score (nSPS) is 11.4. The minimum atomic E-state index is -0.439. The number of amides is 1. The monoisotopic (exact) mass is 474 g/mol. The number of thioether (sulfide) groups is 1. The lowest BCUT2D eigenvalue weighted by molar-refractivity contribution is -0.113. The summed E-state index contributed by atoms with van der Waals surface area (Å²) >= 11 is 2.58. The minimum absolute atomic E-state index is 0.0839. The summed E-state index contributed by atoms with van der Waals surface area (Å²) in [6.45, 7) is 2.54. The number of rotatable bonds is 7. The molecule has 0 unspecified atom stereocenters. The molecule has 168 valence electrons. The molecular formula is C20H22N6O4S2. The molecule has 12 heteroatoms. The largest absolute Gasteiger partial charge is 0.497 e. The van der Waals surface area contributed by atoms with Crippen molar-refractivity contribution in [2.24, 2.45) is 14.1 Å². The van der Waals surface area contributed by atoms with E-state index in [4.69, 9.17) is 4.74 Å². The lowest BCUT2D eigenvalue weighted by Crippen LogP contribution is -2.37. The van der Waals surface area contributed by atoms with Gasteiger partial charge in [0.2, 0.25) is 5.91 Å². The first-order valence-electron chi connectivity index (χ1n) is 9.87. The maximum Gasteiger partial charge on any atom is 0.332 e. The van der Waals surface area contributed by atoms with E-state index in [0.717, 1.165) is 27.0 Å². The third-order valence-electron chi connectivity index (χ3n) is 4.93. The maximum atomic E-state index is 12.7. The van der Waals surface area contributed by atoms with Gasteiger partial charge in [0.15, 0.2) is 21.5 Å². The predicted octanol–water partition coefficient (Wildman–Crippen LogP) is 2.19. The molecule has 0 saturated carbocycles. The molecule has 1 N–H and O–H groups in total. The molecule has 0 spiro atoms. The molecule has 0 aliphatic heterocycles. The highest BCUT2D eigenvalue weighted by atomic mass is 32.2. The minimum Gasteiger partial charge on any atom is -0.497 e. The molecule has 0 radical (unpaired) electrons. The Labute approximate surface area is 190 Å². The topological polar surface area (TPSA) is 113 Å². The molecule has 3 heterocycles. The van der Waals surface area contributed by atoms with Gasteiger partial charge in [-0.05, 0) is 24.6 Å². The third kappa shape index (κ3) is 3.91. The zero-order valence-electron chi connectivity index (χ0n) is 18.0. The Morgan fingerprint density at radius 3 is 2.72 bits per heavy atom.